The number of rotatable bonds is 5. The van der Waals surface area contributed by atoms with E-state index >= 15 is 0 Å². The molecular weight excluding hydrogens is 635 g/mol. The Bertz CT molecular complexity index is 2780. The fourth-order valence-corrected chi connectivity index (χ4v) is 7.17. The molecule has 0 fully saturated rings. The Hall–Kier alpha value is -7.11. The van der Waals surface area contributed by atoms with Gasteiger partial charge in [0.05, 0.1) is 11.0 Å². The minimum atomic E-state index is 0.599. The molecule has 0 radical (unpaired) electrons. The van der Waals surface area contributed by atoms with E-state index in [1.807, 2.05) is 24.5 Å². The van der Waals surface area contributed by atoms with Crippen LogP contribution < -0.4 is 0 Å². The number of hydrogen-bond acceptors (Lipinski definition) is 5. The summed E-state index contributed by atoms with van der Waals surface area (Å²) in [4.78, 5) is 25.0. The van der Waals surface area contributed by atoms with Crippen LogP contribution in [0, 0.1) is 0 Å². The molecule has 0 amide bonds. The van der Waals surface area contributed by atoms with Gasteiger partial charge in [-0.3, -0.25) is 9.97 Å². The highest BCUT2D eigenvalue weighted by Gasteiger charge is 2.18. The summed E-state index contributed by atoms with van der Waals surface area (Å²) < 4.78 is 0. The standard InChI is InChI=1S/C47H29N5/c1-3-15-39-30(9-1)11-5-17-41(39)46-50-45(51-47(52-46)42-18-6-12-31-10-2-4-16-40(31)42)38-26-36(34-21-19-32-13-7-23-48-43(32)28-34)25-37(27-38)35-22-20-33-14-8-24-49-44(33)29-35/h1-29H. The van der Waals surface area contributed by atoms with Crippen LogP contribution in [0.1, 0.15) is 0 Å². The Kier molecular flexibility index (Phi) is 7.07. The largest absolute Gasteiger partial charge is 0.256 e. The fraction of sp³-hybridized carbons (Fsp3) is 0. The smallest absolute Gasteiger partial charge is 0.164 e. The van der Waals surface area contributed by atoms with Gasteiger partial charge in [-0.25, -0.2) is 15.0 Å². The summed E-state index contributed by atoms with van der Waals surface area (Å²) in [7, 11) is 0. The Labute approximate surface area is 300 Å². The normalized spacial score (nSPS) is 11.5. The number of hydrogen-bond donors (Lipinski definition) is 0. The Morgan fingerprint density at radius 2 is 0.731 bits per heavy atom. The zero-order valence-corrected chi connectivity index (χ0v) is 28.0. The molecule has 10 aromatic rings. The molecule has 0 bridgehead atoms. The van der Waals surface area contributed by atoms with Crippen molar-refractivity contribution in [3.8, 4) is 56.4 Å². The van der Waals surface area contributed by atoms with Crippen molar-refractivity contribution in [1.29, 1.82) is 0 Å². The van der Waals surface area contributed by atoms with E-state index in [4.69, 9.17) is 15.0 Å². The van der Waals surface area contributed by atoms with E-state index in [2.05, 4.69) is 162 Å². The highest BCUT2D eigenvalue weighted by atomic mass is 15.0. The van der Waals surface area contributed by atoms with Crippen LogP contribution in [0.3, 0.4) is 0 Å². The topological polar surface area (TPSA) is 64.5 Å². The summed E-state index contributed by atoms with van der Waals surface area (Å²) in [6.07, 6.45) is 3.68. The fourth-order valence-electron chi connectivity index (χ4n) is 7.17. The molecule has 3 aromatic heterocycles. The summed E-state index contributed by atoms with van der Waals surface area (Å²) in [5.41, 5.74) is 8.90. The van der Waals surface area contributed by atoms with Gasteiger partial charge >= 0.3 is 0 Å². The molecule has 0 N–H and O–H groups in total. The second kappa shape index (κ2) is 12.3. The van der Waals surface area contributed by atoms with Crippen LogP contribution in [0.25, 0.3) is 99.8 Å². The predicted molar refractivity (Wildman–Crippen MR) is 213 cm³/mol. The van der Waals surface area contributed by atoms with E-state index < -0.39 is 0 Å². The summed E-state index contributed by atoms with van der Waals surface area (Å²) in [5.74, 6) is 1.85. The highest BCUT2D eigenvalue weighted by molar-refractivity contribution is 5.98. The van der Waals surface area contributed by atoms with Crippen molar-refractivity contribution in [2.75, 3.05) is 0 Å². The van der Waals surface area contributed by atoms with Crippen molar-refractivity contribution in [3.63, 3.8) is 0 Å². The third-order valence-corrected chi connectivity index (χ3v) is 9.77. The van der Waals surface area contributed by atoms with Crippen molar-refractivity contribution in [2.24, 2.45) is 0 Å². The molecule has 0 atom stereocenters. The second-order valence-corrected chi connectivity index (χ2v) is 13.0. The van der Waals surface area contributed by atoms with E-state index in [1.165, 1.54) is 0 Å². The van der Waals surface area contributed by atoms with Gasteiger partial charge in [0.1, 0.15) is 0 Å². The number of nitrogens with zero attached hydrogens (tertiary/aromatic N) is 5. The lowest BCUT2D eigenvalue weighted by molar-refractivity contribution is 1.08. The van der Waals surface area contributed by atoms with E-state index in [9.17, 15) is 0 Å². The molecule has 52 heavy (non-hydrogen) atoms. The molecule has 0 spiro atoms. The minimum absolute atomic E-state index is 0.599. The Morgan fingerprint density at radius 1 is 0.288 bits per heavy atom. The lowest BCUT2D eigenvalue weighted by Gasteiger charge is -2.14. The zero-order valence-electron chi connectivity index (χ0n) is 28.0. The molecule has 0 aliphatic heterocycles. The number of fused-ring (bicyclic) bond motifs is 4. The zero-order chi connectivity index (χ0) is 34.4. The Morgan fingerprint density at radius 3 is 1.27 bits per heavy atom. The van der Waals surface area contributed by atoms with Crippen molar-refractivity contribution in [2.45, 2.75) is 0 Å². The molecule has 0 unspecified atom stereocenters. The van der Waals surface area contributed by atoms with Gasteiger partial charge in [-0.2, -0.15) is 0 Å². The van der Waals surface area contributed by atoms with Crippen molar-refractivity contribution < 1.29 is 0 Å². The van der Waals surface area contributed by atoms with Crippen LogP contribution in [0.5, 0.6) is 0 Å². The maximum Gasteiger partial charge on any atom is 0.164 e. The molecular formula is C47H29N5. The average Bonchev–Trinajstić information content (AvgIpc) is 3.22. The van der Waals surface area contributed by atoms with Crippen LogP contribution in [0.2, 0.25) is 0 Å². The lowest BCUT2D eigenvalue weighted by Crippen LogP contribution is -2.01. The molecule has 7 aromatic carbocycles. The van der Waals surface area contributed by atoms with Gasteiger partial charge in [0.2, 0.25) is 0 Å². The quantitative estimate of drug-likeness (QED) is 0.183. The Balaban J connectivity index is 1.24. The summed E-state index contributed by atoms with van der Waals surface area (Å²) in [6, 6.07) is 56.9. The molecule has 0 saturated heterocycles. The molecule has 0 saturated carbocycles. The predicted octanol–water partition coefficient (Wildman–Crippen LogP) is 11.6. The third-order valence-electron chi connectivity index (χ3n) is 9.77. The minimum Gasteiger partial charge on any atom is -0.256 e. The van der Waals surface area contributed by atoms with E-state index in [0.29, 0.717) is 17.5 Å². The SMILES string of the molecule is c1cnc2cc(-c3cc(-c4ccc5cccnc5c4)cc(-c4nc(-c5cccc6ccccc56)nc(-c5cccc6ccccc56)n4)c3)ccc2c1. The summed E-state index contributed by atoms with van der Waals surface area (Å²) >= 11 is 0. The van der Waals surface area contributed by atoms with Gasteiger partial charge in [-0.1, -0.05) is 121 Å². The van der Waals surface area contributed by atoms with Crippen LogP contribution in [-0.4, -0.2) is 24.9 Å². The lowest BCUT2D eigenvalue weighted by atomic mass is 9.94. The van der Waals surface area contributed by atoms with Gasteiger partial charge in [0.15, 0.2) is 17.5 Å². The molecule has 5 nitrogen and oxygen atoms in total. The molecule has 5 heteroatoms. The average molecular weight is 664 g/mol. The molecule has 0 aliphatic rings. The maximum absolute atomic E-state index is 5.25. The highest BCUT2D eigenvalue weighted by Crippen LogP contribution is 2.36. The van der Waals surface area contributed by atoms with Crippen molar-refractivity contribution in [3.05, 3.63) is 176 Å². The first kappa shape index (κ1) is 29.8. The van der Waals surface area contributed by atoms with Crippen molar-refractivity contribution in [1.82, 2.24) is 24.9 Å². The van der Waals surface area contributed by atoms with Crippen LogP contribution in [-0.2, 0) is 0 Å². The second-order valence-electron chi connectivity index (χ2n) is 13.0. The number of pyridine rings is 2. The third kappa shape index (κ3) is 5.32. The van der Waals surface area contributed by atoms with Gasteiger partial charge < -0.3 is 0 Å². The first-order valence-electron chi connectivity index (χ1n) is 17.3. The first-order chi connectivity index (χ1) is 25.7. The van der Waals surface area contributed by atoms with Crippen LogP contribution >= 0.6 is 0 Å². The molecule has 3 heterocycles. The molecule has 10 rings (SSSR count). The maximum atomic E-state index is 5.25. The van der Waals surface area contributed by atoms with Gasteiger partial charge in [0, 0.05) is 39.9 Å². The van der Waals surface area contributed by atoms with Crippen LogP contribution in [0.15, 0.2) is 176 Å². The summed E-state index contributed by atoms with van der Waals surface area (Å²) in [6.45, 7) is 0. The monoisotopic (exact) mass is 663 g/mol. The summed E-state index contributed by atoms with van der Waals surface area (Å²) in [5, 5.41) is 6.64. The van der Waals surface area contributed by atoms with Crippen LogP contribution in [0.4, 0.5) is 0 Å². The van der Waals surface area contributed by atoms with Crippen molar-refractivity contribution >= 4 is 43.4 Å². The first-order valence-corrected chi connectivity index (χ1v) is 17.3. The van der Waals surface area contributed by atoms with E-state index in [-0.39, 0.29) is 0 Å². The van der Waals surface area contributed by atoms with E-state index in [0.717, 1.165) is 82.3 Å². The van der Waals surface area contributed by atoms with Gasteiger partial charge in [0.25, 0.3) is 0 Å². The molecule has 242 valence electrons. The van der Waals surface area contributed by atoms with Gasteiger partial charge in [-0.05, 0) is 86.3 Å². The number of aromatic nitrogens is 5. The van der Waals surface area contributed by atoms with Gasteiger partial charge in [-0.15, -0.1) is 0 Å². The number of benzene rings is 7. The van der Waals surface area contributed by atoms with E-state index in [1.54, 1.807) is 0 Å². The molecule has 0 aliphatic carbocycles.